The molecule has 0 aliphatic heterocycles. The second-order valence-electron chi connectivity index (χ2n) is 7.65. The van der Waals surface area contributed by atoms with Crippen LogP contribution in [-0.2, 0) is 6.42 Å². The van der Waals surface area contributed by atoms with Gasteiger partial charge in [-0.2, -0.15) is 0 Å². The molecule has 2 nitrogen and oxygen atoms in total. The van der Waals surface area contributed by atoms with Gasteiger partial charge in [-0.05, 0) is 48.9 Å². The number of hydrogen-bond acceptors (Lipinski definition) is 1. The van der Waals surface area contributed by atoms with Crippen molar-refractivity contribution >= 4 is 11.0 Å². The van der Waals surface area contributed by atoms with Gasteiger partial charge in [0.2, 0.25) is 0 Å². The molecule has 2 aromatic carbocycles. The lowest BCUT2D eigenvalue weighted by molar-refractivity contribution is 0.514. The van der Waals surface area contributed by atoms with E-state index in [1.807, 2.05) is 0 Å². The van der Waals surface area contributed by atoms with Crippen LogP contribution in [-0.4, -0.2) is 9.55 Å². The highest BCUT2D eigenvalue weighted by molar-refractivity contribution is 5.76. The van der Waals surface area contributed by atoms with E-state index in [1.54, 1.807) is 0 Å². The molecule has 1 aromatic heterocycles. The van der Waals surface area contributed by atoms with E-state index in [-0.39, 0.29) is 5.92 Å². The molecule has 0 saturated heterocycles. The Bertz CT molecular complexity index is 827. The van der Waals surface area contributed by atoms with Crippen LogP contribution in [0.1, 0.15) is 70.0 Å². The smallest absolute Gasteiger partial charge is 0.117 e. The molecule has 25 heavy (non-hydrogen) atoms. The monoisotopic (exact) mass is 334 g/mol. The van der Waals surface area contributed by atoms with Crippen LogP contribution in [0.25, 0.3) is 11.0 Å². The summed E-state index contributed by atoms with van der Waals surface area (Å²) in [4.78, 5) is 4.99. The molecule has 132 valence electrons. The van der Waals surface area contributed by atoms with Crippen LogP contribution in [0.5, 0.6) is 0 Å². The van der Waals surface area contributed by atoms with E-state index in [4.69, 9.17) is 4.98 Å². The molecule has 0 aliphatic carbocycles. The molecular weight excluding hydrogens is 304 g/mol. The van der Waals surface area contributed by atoms with Gasteiger partial charge in [0.1, 0.15) is 5.82 Å². The number of nitrogens with zero attached hydrogens (tertiary/aromatic N) is 2. The van der Waals surface area contributed by atoms with Crippen molar-refractivity contribution in [1.29, 1.82) is 0 Å². The fourth-order valence-electron chi connectivity index (χ4n) is 3.58. The van der Waals surface area contributed by atoms with Gasteiger partial charge in [-0.15, -0.1) is 0 Å². The molecule has 0 fully saturated rings. The summed E-state index contributed by atoms with van der Waals surface area (Å²) in [5, 5.41) is 0. The zero-order valence-electron chi connectivity index (χ0n) is 16.2. The summed E-state index contributed by atoms with van der Waals surface area (Å²) < 4.78 is 2.43. The Morgan fingerprint density at radius 1 is 0.920 bits per heavy atom. The maximum absolute atomic E-state index is 4.99. The molecule has 3 aromatic rings. The summed E-state index contributed by atoms with van der Waals surface area (Å²) in [5.74, 6) is 2.15. The topological polar surface area (TPSA) is 17.8 Å². The highest BCUT2D eigenvalue weighted by Gasteiger charge is 2.20. The molecule has 0 saturated carbocycles. The first-order chi connectivity index (χ1) is 12.0. The molecule has 0 bridgehead atoms. The zero-order valence-corrected chi connectivity index (χ0v) is 16.2. The van der Waals surface area contributed by atoms with Gasteiger partial charge in [-0.25, -0.2) is 4.98 Å². The predicted octanol–water partition coefficient (Wildman–Crippen LogP) is 6.36. The van der Waals surface area contributed by atoms with Crippen molar-refractivity contribution in [1.82, 2.24) is 9.55 Å². The summed E-state index contributed by atoms with van der Waals surface area (Å²) in [6, 6.07) is 18.1. The van der Waals surface area contributed by atoms with Crippen molar-refractivity contribution in [3.63, 3.8) is 0 Å². The largest absolute Gasteiger partial charge is 0.325 e. The van der Waals surface area contributed by atoms with Gasteiger partial charge < -0.3 is 4.57 Å². The normalized spacial score (nSPS) is 14.2. The number of rotatable bonds is 6. The van der Waals surface area contributed by atoms with E-state index in [9.17, 15) is 0 Å². The fraction of sp³-hybridized carbons (Fsp3) is 0.435. The van der Waals surface area contributed by atoms with Crippen molar-refractivity contribution in [2.75, 3.05) is 0 Å². The Hall–Kier alpha value is -2.09. The Balaban J connectivity index is 2.00. The van der Waals surface area contributed by atoms with Crippen LogP contribution >= 0.6 is 0 Å². The van der Waals surface area contributed by atoms with E-state index < -0.39 is 0 Å². The Labute approximate surface area is 151 Å². The van der Waals surface area contributed by atoms with Gasteiger partial charge >= 0.3 is 0 Å². The van der Waals surface area contributed by atoms with Crippen LogP contribution in [0, 0.1) is 5.92 Å². The Kier molecular flexibility index (Phi) is 5.27. The number of imidazole rings is 1. The van der Waals surface area contributed by atoms with Crippen molar-refractivity contribution < 1.29 is 0 Å². The molecule has 0 radical (unpaired) electrons. The highest BCUT2D eigenvalue weighted by Crippen LogP contribution is 2.31. The fourth-order valence-corrected chi connectivity index (χ4v) is 3.58. The molecule has 0 N–H and O–H groups in total. The predicted molar refractivity (Wildman–Crippen MR) is 107 cm³/mol. The maximum Gasteiger partial charge on any atom is 0.117 e. The average Bonchev–Trinajstić information content (AvgIpc) is 3.00. The molecule has 0 amide bonds. The third-order valence-electron chi connectivity index (χ3n) is 5.17. The molecule has 2 atom stereocenters. The van der Waals surface area contributed by atoms with Gasteiger partial charge in [-0.1, -0.05) is 64.1 Å². The summed E-state index contributed by atoms with van der Waals surface area (Å²) in [6.45, 7) is 11.3. The van der Waals surface area contributed by atoms with Gasteiger partial charge in [0.25, 0.3) is 0 Å². The summed E-state index contributed by atoms with van der Waals surface area (Å²) in [5.41, 5.74) is 5.10. The first-order valence-electron chi connectivity index (χ1n) is 9.57. The van der Waals surface area contributed by atoms with Crippen LogP contribution in [0.4, 0.5) is 0 Å². The van der Waals surface area contributed by atoms with Gasteiger partial charge in [0.05, 0.1) is 11.0 Å². The summed E-state index contributed by atoms with van der Waals surface area (Å²) in [6.07, 6.45) is 2.24. The summed E-state index contributed by atoms with van der Waals surface area (Å²) >= 11 is 0. The van der Waals surface area contributed by atoms with Crippen LogP contribution in [0.2, 0.25) is 0 Å². The van der Waals surface area contributed by atoms with Gasteiger partial charge in [-0.3, -0.25) is 0 Å². The Morgan fingerprint density at radius 2 is 1.60 bits per heavy atom. The first kappa shape index (κ1) is 17.7. The molecule has 3 rings (SSSR count). The lowest BCUT2D eigenvalue weighted by Gasteiger charge is -2.20. The minimum atomic E-state index is 0.287. The van der Waals surface area contributed by atoms with E-state index in [2.05, 4.69) is 87.7 Å². The lowest BCUT2D eigenvalue weighted by atomic mass is 9.96. The number of para-hydroxylation sites is 2. The van der Waals surface area contributed by atoms with Crippen molar-refractivity contribution in [3.05, 3.63) is 65.5 Å². The van der Waals surface area contributed by atoms with Crippen molar-refractivity contribution in [3.8, 4) is 0 Å². The third-order valence-corrected chi connectivity index (χ3v) is 5.17. The van der Waals surface area contributed by atoms with E-state index in [0.29, 0.717) is 12.0 Å². The minimum absolute atomic E-state index is 0.287. The first-order valence-corrected chi connectivity index (χ1v) is 9.57. The molecule has 2 unspecified atom stereocenters. The van der Waals surface area contributed by atoms with Crippen LogP contribution in [0.15, 0.2) is 48.5 Å². The average molecular weight is 335 g/mol. The number of fused-ring (bicyclic) bond motifs is 1. The zero-order chi connectivity index (χ0) is 18.0. The molecular formula is C23H30N2. The van der Waals surface area contributed by atoms with Crippen LogP contribution in [0.3, 0.4) is 0 Å². The molecule has 0 aliphatic rings. The number of aromatic nitrogens is 2. The standard InChI is InChI=1S/C23H30N2/c1-6-17(4)25-22-10-8-7-9-21(22)24-23(25)18(5)20-13-11-19(12-14-20)15-16(2)3/h7-14,16-18H,6,15H2,1-5H3. The van der Waals surface area contributed by atoms with Crippen LogP contribution < -0.4 is 0 Å². The van der Waals surface area contributed by atoms with Crippen molar-refractivity contribution in [2.45, 2.75) is 59.4 Å². The second-order valence-corrected chi connectivity index (χ2v) is 7.65. The lowest BCUT2D eigenvalue weighted by Crippen LogP contribution is -2.12. The molecule has 2 heteroatoms. The van der Waals surface area contributed by atoms with Gasteiger partial charge in [0.15, 0.2) is 0 Å². The van der Waals surface area contributed by atoms with Crippen molar-refractivity contribution in [2.24, 2.45) is 5.92 Å². The highest BCUT2D eigenvalue weighted by atomic mass is 15.1. The van der Waals surface area contributed by atoms with Gasteiger partial charge in [0, 0.05) is 12.0 Å². The van der Waals surface area contributed by atoms with E-state index >= 15 is 0 Å². The second kappa shape index (κ2) is 7.43. The Morgan fingerprint density at radius 3 is 2.24 bits per heavy atom. The van der Waals surface area contributed by atoms with E-state index in [1.165, 1.54) is 22.5 Å². The minimum Gasteiger partial charge on any atom is -0.325 e. The van der Waals surface area contributed by atoms with E-state index in [0.717, 1.165) is 18.4 Å². The maximum atomic E-state index is 4.99. The molecule has 1 heterocycles. The molecule has 0 spiro atoms. The SMILES string of the molecule is CCC(C)n1c(C(C)c2ccc(CC(C)C)cc2)nc2ccccc21. The quantitative estimate of drug-likeness (QED) is 0.513. The number of benzene rings is 2. The number of hydrogen-bond donors (Lipinski definition) is 0. The summed E-state index contributed by atoms with van der Waals surface area (Å²) in [7, 11) is 0. The third kappa shape index (κ3) is 3.63.